The third kappa shape index (κ3) is 2.43. The average Bonchev–Trinajstić information content (AvgIpc) is 3.10. The number of carbonyl (C=O) groups excluding carboxylic acids is 3. The third-order valence-corrected chi connectivity index (χ3v) is 4.97. The molecule has 0 radical (unpaired) electrons. The summed E-state index contributed by atoms with van der Waals surface area (Å²) in [6.07, 6.45) is 0.518. The van der Waals surface area contributed by atoms with Crippen molar-refractivity contribution in [2.45, 2.75) is 19.8 Å². The van der Waals surface area contributed by atoms with E-state index >= 15 is 0 Å². The van der Waals surface area contributed by atoms with Gasteiger partial charge >= 0.3 is 0 Å². The second-order valence-electron chi connectivity index (χ2n) is 6.79. The Morgan fingerprint density at radius 1 is 1.24 bits per heavy atom. The molecule has 1 atom stereocenters. The lowest BCUT2D eigenvalue weighted by atomic mass is 9.85. The fourth-order valence-electron chi connectivity index (χ4n) is 3.59. The zero-order valence-electron chi connectivity index (χ0n) is 13.6. The Morgan fingerprint density at radius 3 is 2.76 bits per heavy atom. The molecule has 2 aliphatic heterocycles. The van der Waals surface area contributed by atoms with Crippen LogP contribution < -0.4 is 10.7 Å². The monoisotopic (exact) mass is 340 g/mol. The van der Waals surface area contributed by atoms with Gasteiger partial charge in [-0.15, -0.1) is 0 Å². The summed E-state index contributed by atoms with van der Waals surface area (Å²) in [6, 6.07) is 6.37. The number of benzene rings is 1. The van der Waals surface area contributed by atoms with Crippen molar-refractivity contribution in [3.8, 4) is 0 Å². The highest BCUT2D eigenvalue weighted by Crippen LogP contribution is 2.38. The highest BCUT2D eigenvalue weighted by Gasteiger charge is 2.52. The van der Waals surface area contributed by atoms with Crippen LogP contribution in [0.15, 0.2) is 33.5 Å². The Bertz CT molecular complexity index is 993. The summed E-state index contributed by atoms with van der Waals surface area (Å²) in [7, 11) is 0. The van der Waals surface area contributed by atoms with Gasteiger partial charge in [0.25, 0.3) is 5.91 Å². The van der Waals surface area contributed by atoms with Crippen LogP contribution in [0.4, 0.5) is 0 Å². The van der Waals surface area contributed by atoms with Gasteiger partial charge in [-0.3, -0.25) is 24.5 Å². The SMILES string of the molecule is Cc1ccc2c(=O)cc(C(=O)N3CC[C@@]4(CC(=O)NC4=O)C3)oc2c1. The van der Waals surface area contributed by atoms with Crippen LogP contribution in [-0.4, -0.2) is 35.7 Å². The van der Waals surface area contributed by atoms with Gasteiger partial charge in [-0.2, -0.15) is 0 Å². The summed E-state index contributed by atoms with van der Waals surface area (Å²) in [5.74, 6) is -1.13. The smallest absolute Gasteiger partial charge is 0.289 e. The Balaban J connectivity index is 1.66. The third-order valence-electron chi connectivity index (χ3n) is 4.97. The quantitative estimate of drug-likeness (QED) is 0.781. The second kappa shape index (κ2) is 5.27. The molecular weight excluding hydrogens is 324 g/mol. The maximum absolute atomic E-state index is 12.7. The number of nitrogens with zero attached hydrogens (tertiary/aromatic N) is 1. The van der Waals surface area contributed by atoms with Crippen LogP contribution in [0, 0.1) is 12.3 Å². The number of amides is 3. The summed E-state index contributed by atoms with van der Waals surface area (Å²) in [6.45, 7) is 2.36. The van der Waals surface area contributed by atoms with Gasteiger partial charge in [0.1, 0.15) is 5.58 Å². The van der Waals surface area contributed by atoms with Crippen LogP contribution in [0.3, 0.4) is 0 Å². The molecule has 3 heterocycles. The van der Waals surface area contributed by atoms with Crippen molar-refractivity contribution >= 4 is 28.7 Å². The summed E-state index contributed by atoms with van der Waals surface area (Å²) in [5.41, 5.74) is 0.146. The summed E-state index contributed by atoms with van der Waals surface area (Å²) in [5, 5.41) is 2.72. The number of carbonyl (C=O) groups is 3. The normalized spacial score (nSPS) is 22.8. The number of aryl methyl sites for hydroxylation is 1. The highest BCUT2D eigenvalue weighted by molar-refractivity contribution is 6.06. The predicted molar refractivity (Wildman–Crippen MR) is 87.9 cm³/mol. The number of nitrogens with one attached hydrogen (secondary N) is 1. The second-order valence-corrected chi connectivity index (χ2v) is 6.79. The molecule has 2 saturated heterocycles. The molecule has 7 nitrogen and oxygen atoms in total. The van der Waals surface area contributed by atoms with E-state index in [-0.39, 0.29) is 36.0 Å². The molecule has 2 fully saturated rings. The molecule has 0 aliphatic carbocycles. The Morgan fingerprint density at radius 2 is 2.04 bits per heavy atom. The van der Waals surface area contributed by atoms with E-state index in [1.54, 1.807) is 18.2 Å². The van der Waals surface area contributed by atoms with Crippen molar-refractivity contribution < 1.29 is 18.8 Å². The molecule has 2 aliphatic rings. The van der Waals surface area contributed by atoms with Crippen molar-refractivity contribution in [1.82, 2.24) is 10.2 Å². The molecule has 2 aromatic rings. The van der Waals surface area contributed by atoms with Gasteiger partial charge in [-0.1, -0.05) is 6.07 Å². The summed E-state index contributed by atoms with van der Waals surface area (Å²) >= 11 is 0. The molecule has 1 N–H and O–H groups in total. The first-order valence-corrected chi connectivity index (χ1v) is 8.06. The number of hydrogen-bond donors (Lipinski definition) is 1. The number of hydrogen-bond acceptors (Lipinski definition) is 5. The van der Waals surface area contributed by atoms with E-state index in [1.165, 1.54) is 11.0 Å². The standard InChI is InChI=1S/C18H16N2O5/c1-10-2-3-11-12(21)7-14(25-13(11)6-10)16(23)20-5-4-18(9-20)8-15(22)19-17(18)24/h2-3,6-7H,4-5,8-9H2,1H3,(H,19,22,24)/t18-/m1/s1. The molecule has 0 bridgehead atoms. The molecule has 0 saturated carbocycles. The molecule has 7 heteroatoms. The van der Waals surface area contributed by atoms with Gasteiger partial charge in [-0.05, 0) is 31.0 Å². The van der Waals surface area contributed by atoms with E-state index in [4.69, 9.17) is 4.42 Å². The molecule has 1 aromatic carbocycles. The average molecular weight is 340 g/mol. The van der Waals surface area contributed by atoms with E-state index < -0.39 is 11.3 Å². The lowest BCUT2D eigenvalue weighted by Gasteiger charge is -2.20. The van der Waals surface area contributed by atoms with Crippen LogP contribution in [0.2, 0.25) is 0 Å². The topological polar surface area (TPSA) is 96.7 Å². The first-order chi connectivity index (χ1) is 11.9. The van der Waals surface area contributed by atoms with Crippen molar-refractivity contribution in [3.63, 3.8) is 0 Å². The molecule has 128 valence electrons. The lowest BCUT2D eigenvalue weighted by Crippen LogP contribution is -2.36. The maximum Gasteiger partial charge on any atom is 0.289 e. The minimum Gasteiger partial charge on any atom is -0.451 e. The van der Waals surface area contributed by atoms with E-state index in [1.807, 2.05) is 6.92 Å². The fraction of sp³-hybridized carbons (Fsp3) is 0.333. The summed E-state index contributed by atoms with van der Waals surface area (Å²) in [4.78, 5) is 50.0. The largest absolute Gasteiger partial charge is 0.451 e. The minimum absolute atomic E-state index is 0.0510. The van der Waals surface area contributed by atoms with Gasteiger partial charge in [-0.25, -0.2) is 0 Å². The molecule has 1 spiro atoms. The van der Waals surface area contributed by atoms with Crippen LogP contribution in [0.1, 0.15) is 29.0 Å². The Kier molecular flexibility index (Phi) is 3.28. The van der Waals surface area contributed by atoms with Crippen molar-refractivity contribution in [3.05, 3.63) is 45.8 Å². The molecule has 1 aromatic heterocycles. The minimum atomic E-state index is -0.847. The fourth-order valence-corrected chi connectivity index (χ4v) is 3.59. The van der Waals surface area contributed by atoms with Gasteiger partial charge in [0, 0.05) is 25.6 Å². The maximum atomic E-state index is 12.7. The predicted octanol–water partition coefficient (Wildman–Crippen LogP) is 0.980. The Labute approximate surface area is 142 Å². The van der Waals surface area contributed by atoms with Gasteiger partial charge in [0.2, 0.25) is 11.8 Å². The first-order valence-electron chi connectivity index (χ1n) is 8.06. The molecular formula is C18H16N2O5. The van der Waals surface area contributed by atoms with E-state index in [0.29, 0.717) is 23.9 Å². The lowest BCUT2D eigenvalue weighted by molar-refractivity contribution is -0.128. The van der Waals surface area contributed by atoms with Crippen LogP contribution >= 0.6 is 0 Å². The van der Waals surface area contributed by atoms with E-state index in [9.17, 15) is 19.2 Å². The van der Waals surface area contributed by atoms with Gasteiger partial charge < -0.3 is 9.32 Å². The number of rotatable bonds is 1. The van der Waals surface area contributed by atoms with Crippen LogP contribution in [0.25, 0.3) is 11.0 Å². The van der Waals surface area contributed by atoms with Crippen molar-refractivity contribution in [2.24, 2.45) is 5.41 Å². The van der Waals surface area contributed by atoms with Crippen molar-refractivity contribution in [2.75, 3.05) is 13.1 Å². The highest BCUT2D eigenvalue weighted by atomic mass is 16.3. The van der Waals surface area contributed by atoms with Gasteiger partial charge in [0.05, 0.1) is 10.8 Å². The zero-order chi connectivity index (χ0) is 17.8. The Hall–Kier alpha value is -2.96. The van der Waals surface area contributed by atoms with E-state index in [0.717, 1.165) is 5.56 Å². The van der Waals surface area contributed by atoms with Crippen molar-refractivity contribution in [1.29, 1.82) is 0 Å². The molecule has 25 heavy (non-hydrogen) atoms. The number of imide groups is 1. The van der Waals surface area contributed by atoms with Gasteiger partial charge in [0.15, 0.2) is 11.2 Å². The van der Waals surface area contributed by atoms with Crippen LogP contribution in [-0.2, 0) is 9.59 Å². The first kappa shape index (κ1) is 15.6. The number of likely N-dealkylation sites (tertiary alicyclic amines) is 1. The molecule has 3 amide bonds. The molecule has 4 rings (SSSR count). The summed E-state index contributed by atoms with van der Waals surface area (Å²) < 4.78 is 5.64. The zero-order valence-corrected chi connectivity index (χ0v) is 13.6. The number of fused-ring (bicyclic) bond motifs is 1. The van der Waals surface area contributed by atoms with E-state index in [2.05, 4.69) is 5.32 Å². The molecule has 0 unspecified atom stereocenters. The van der Waals surface area contributed by atoms with Crippen LogP contribution in [0.5, 0.6) is 0 Å².